The first kappa shape index (κ1) is 13.6. The van der Waals surface area contributed by atoms with Crippen molar-refractivity contribution >= 4 is 5.91 Å². The zero-order valence-electron chi connectivity index (χ0n) is 12.4. The van der Waals surface area contributed by atoms with Crippen molar-refractivity contribution in [1.82, 2.24) is 4.90 Å². The smallest absolute Gasteiger partial charge is 0.223 e. The molecule has 2 N–H and O–H groups in total. The Morgan fingerprint density at radius 2 is 1.95 bits per heavy atom. The molecule has 1 aromatic carbocycles. The molecule has 1 aliphatic carbocycles. The summed E-state index contributed by atoms with van der Waals surface area (Å²) in [5.41, 5.74) is 10.2. The van der Waals surface area contributed by atoms with E-state index in [0.717, 1.165) is 25.7 Å². The predicted molar refractivity (Wildman–Crippen MR) is 80.4 cm³/mol. The van der Waals surface area contributed by atoms with E-state index in [1.54, 1.807) is 0 Å². The SMILES string of the molecule is Cc1ccc(C2C(N)CCCC(=O)N2C2CC2)c(C)c1. The Morgan fingerprint density at radius 3 is 2.60 bits per heavy atom. The minimum Gasteiger partial charge on any atom is -0.331 e. The number of rotatable bonds is 2. The van der Waals surface area contributed by atoms with E-state index in [0.29, 0.717) is 18.4 Å². The van der Waals surface area contributed by atoms with Crippen molar-refractivity contribution < 1.29 is 4.79 Å². The molecule has 1 aliphatic heterocycles. The standard InChI is InChI=1S/C17H24N2O/c1-11-6-9-14(12(2)10-11)17-15(18)4-3-5-16(20)19(17)13-7-8-13/h6,9-10,13,15,17H,3-5,7-8,18H2,1-2H3. The zero-order valence-corrected chi connectivity index (χ0v) is 12.4. The van der Waals surface area contributed by atoms with E-state index in [2.05, 4.69) is 36.9 Å². The lowest BCUT2D eigenvalue weighted by Gasteiger charge is -2.35. The van der Waals surface area contributed by atoms with E-state index in [-0.39, 0.29) is 12.1 Å². The van der Waals surface area contributed by atoms with Crippen molar-refractivity contribution in [1.29, 1.82) is 0 Å². The number of nitrogens with zero attached hydrogens (tertiary/aromatic N) is 1. The average molecular weight is 272 g/mol. The van der Waals surface area contributed by atoms with Gasteiger partial charge in [0, 0.05) is 18.5 Å². The van der Waals surface area contributed by atoms with Crippen LogP contribution in [0, 0.1) is 13.8 Å². The molecule has 1 saturated heterocycles. The van der Waals surface area contributed by atoms with E-state index in [9.17, 15) is 4.79 Å². The lowest BCUT2D eigenvalue weighted by atomic mass is 9.92. The minimum absolute atomic E-state index is 0.0588. The second-order valence-corrected chi connectivity index (χ2v) is 6.39. The summed E-state index contributed by atoms with van der Waals surface area (Å²) in [5, 5.41) is 0. The van der Waals surface area contributed by atoms with Crippen LogP contribution in [0.3, 0.4) is 0 Å². The van der Waals surface area contributed by atoms with Gasteiger partial charge in [0.1, 0.15) is 0 Å². The van der Waals surface area contributed by atoms with Gasteiger partial charge in [0.2, 0.25) is 5.91 Å². The normalized spacial score (nSPS) is 27.6. The van der Waals surface area contributed by atoms with Crippen LogP contribution in [0.25, 0.3) is 0 Å². The second kappa shape index (κ2) is 5.21. The Bertz CT molecular complexity index is 522. The van der Waals surface area contributed by atoms with Crippen LogP contribution < -0.4 is 5.73 Å². The molecule has 3 rings (SSSR count). The van der Waals surface area contributed by atoms with E-state index in [4.69, 9.17) is 5.73 Å². The number of nitrogens with two attached hydrogens (primary N) is 1. The third-order valence-electron chi connectivity index (χ3n) is 4.61. The summed E-state index contributed by atoms with van der Waals surface area (Å²) in [5.74, 6) is 0.297. The molecule has 1 saturated carbocycles. The van der Waals surface area contributed by atoms with E-state index >= 15 is 0 Å². The number of amides is 1. The Morgan fingerprint density at radius 1 is 1.20 bits per heavy atom. The maximum Gasteiger partial charge on any atom is 0.223 e. The van der Waals surface area contributed by atoms with Gasteiger partial charge in [-0.15, -0.1) is 0 Å². The second-order valence-electron chi connectivity index (χ2n) is 6.39. The Kier molecular flexibility index (Phi) is 3.55. The first-order chi connectivity index (χ1) is 9.58. The maximum atomic E-state index is 12.5. The Hall–Kier alpha value is -1.35. The highest BCUT2D eigenvalue weighted by molar-refractivity contribution is 5.78. The van der Waals surface area contributed by atoms with Crippen LogP contribution in [0.2, 0.25) is 0 Å². The first-order valence-corrected chi connectivity index (χ1v) is 7.72. The van der Waals surface area contributed by atoms with Crippen LogP contribution >= 0.6 is 0 Å². The van der Waals surface area contributed by atoms with Gasteiger partial charge in [-0.2, -0.15) is 0 Å². The zero-order chi connectivity index (χ0) is 14.3. The van der Waals surface area contributed by atoms with Gasteiger partial charge in [-0.3, -0.25) is 4.79 Å². The van der Waals surface area contributed by atoms with Crippen LogP contribution in [0.1, 0.15) is 54.8 Å². The molecule has 2 atom stereocenters. The Labute approximate surface area is 121 Å². The van der Waals surface area contributed by atoms with Crippen LogP contribution in [0.4, 0.5) is 0 Å². The minimum atomic E-state index is 0.0588. The van der Waals surface area contributed by atoms with Crippen molar-refractivity contribution in [3.8, 4) is 0 Å². The average Bonchev–Trinajstić information content (AvgIpc) is 3.20. The highest BCUT2D eigenvalue weighted by atomic mass is 16.2. The topological polar surface area (TPSA) is 46.3 Å². The number of hydrogen-bond acceptors (Lipinski definition) is 2. The molecule has 1 amide bonds. The van der Waals surface area contributed by atoms with Crippen molar-refractivity contribution in [3.05, 3.63) is 34.9 Å². The van der Waals surface area contributed by atoms with E-state index in [1.807, 2.05) is 0 Å². The van der Waals surface area contributed by atoms with Gasteiger partial charge in [0.05, 0.1) is 6.04 Å². The number of likely N-dealkylation sites (tertiary alicyclic amines) is 1. The molecule has 0 spiro atoms. The van der Waals surface area contributed by atoms with Gasteiger partial charge in [-0.25, -0.2) is 0 Å². The Balaban J connectivity index is 2.02. The van der Waals surface area contributed by atoms with Crippen LogP contribution in [0.15, 0.2) is 18.2 Å². The lowest BCUT2D eigenvalue weighted by molar-refractivity contribution is -0.133. The molecule has 2 aliphatic rings. The molecule has 20 heavy (non-hydrogen) atoms. The summed E-state index contributed by atoms with van der Waals surface area (Å²) in [6, 6.07) is 7.06. The van der Waals surface area contributed by atoms with Gasteiger partial charge in [-0.05, 0) is 50.7 Å². The van der Waals surface area contributed by atoms with Gasteiger partial charge in [0.15, 0.2) is 0 Å². The van der Waals surface area contributed by atoms with Crippen molar-refractivity contribution in [2.24, 2.45) is 5.73 Å². The number of carbonyl (C=O) groups excluding carboxylic acids is 1. The van der Waals surface area contributed by atoms with Crippen LogP contribution in [-0.2, 0) is 4.79 Å². The molecule has 2 fully saturated rings. The van der Waals surface area contributed by atoms with E-state index < -0.39 is 0 Å². The van der Waals surface area contributed by atoms with Crippen molar-refractivity contribution in [2.75, 3.05) is 0 Å². The summed E-state index contributed by atoms with van der Waals surface area (Å²) < 4.78 is 0. The van der Waals surface area contributed by atoms with Gasteiger partial charge >= 0.3 is 0 Å². The molecule has 0 aromatic heterocycles. The molecule has 1 heterocycles. The molecule has 3 heteroatoms. The highest BCUT2D eigenvalue weighted by Gasteiger charge is 2.41. The maximum absolute atomic E-state index is 12.5. The largest absolute Gasteiger partial charge is 0.331 e. The summed E-state index contributed by atoms with van der Waals surface area (Å²) in [6.45, 7) is 4.24. The number of aryl methyl sites for hydroxylation is 2. The number of benzene rings is 1. The van der Waals surface area contributed by atoms with Gasteiger partial charge < -0.3 is 10.6 Å². The molecular formula is C17H24N2O. The summed E-state index contributed by atoms with van der Waals surface area (Å²) in [7, 11) is 0. The molecular weight excluding hydrogens is 248 g/mol. The fourth-order valence-corrected chi connectivity index (χ4v) is 3.46. The van der Waals surface area contributed by atoms with Crippen LogP contribution in [-0.4, -0.2) is 22.9 Å². The number of hydrogen-bond donors (Lipinski definition) is 1. The molecule has 0 radical (unpaired) electrons. The lowest BCUT2D eigenvalue weighted by Crippen LogP contribution is -2.43. The molecule has 3 nitrogen and oxygen atoms in total. The van der Waals surface area contributed by atoms with Gasteiger partial charge in [0.25, 0.3) is 0 Å². The quantitative estimate of drug-likeness (QED) is 0.900. The van der Waals surface area contributed by atoms with E-state index in [1.165, 1.54) is 16.7 Å². The molecule has 2 unspecified atom stereocenters. The molecule has 0 bridgehead atoms. The first-order valence-electron chi connectivity index (χ1n) is 7.72. The fraction of sp³-hybridized carbons (Fsp3) is 0.588. The summed E-state index contributed by atoms with van der Waals surface area (Å²) >= 11 is 0. The summed E-state index contributed by atoms with van der Waals surface area (Å²) in [4.78, 5) is 14.6. The summed E-state index contributed by atoms with van der Waals surface area (Å²) in [6.07, 6.45) is 4.79. The highest BCUT2D eigenvalue weighted by Crippen LogP contribution is 2.40. The molecule has 108 valence electrons. The third kappa shape index (κ3) is 2.47. The predicted octanol–water partition coefficient (Wildman–Crippen LogP) is 2.85. The van der Waals surface area contributed by atoms with Crippen molar-refractivity contribution in [3.63, 3.8) is 0 Å². The van der Waals surface area contributed by atoms with Crippen molar-refractivity contribution in [2.45, 2.75) is 64.1 Å². The third-order valence-corrected chi connectivity index (χ3v) is 4.61. The fourth-order valence-electron chi connectivity index (χ4n) is 3.46. The van der Waals surface area contributed by atoms with Gasteiger partial charge in [-0.1, -0.05) is 23.8 Å². The monoisotopic (exact) mass is 272 g/mol. The number of carbonyl (C=O) groups is 1. The molecule has 1 aromatic rings. The van der Waals surface area contributed by atoms with Crippen LogP contribution in [0.5, 0.6) is 0 Å².